The number of hydrogen-bond acceptors (Lipinski definition) is 3. The Morgan fingerprint density at radius 2 is 2.00 bits per heavy atom. The van der Waals surface area contributed by atoms with Gasteiger partial charge in [0.25, 0.3) is 0 Å². The van der Waals surface area contributed by atoms with Crippen LogP contribution in [0, 0.1) is 5.82 Å². The van der Waals surface area contributed by atoms with Crippen molar-refractivity contribution < 1.29 is 13.9 Å². The number of carbonyl (C=O) groups excluding carboxylic acids is 1. The van der Waals surface area contributed by atoms with Crippen LogP contribution in [-0.2, 0) is 15.3 Å². The van der Waals surface area contributed by atoms with Gasteiger partial charge in [0.1, 0.15) is 5.82 Å². The van der Waals surface area contributed by atoms with Gasteiger partial charge >= 0.3 is 0 Å². The van der Waals surface area contributed by atoms with Gasteiger partial charge in [0, 0.05) is 18.7 Å². The smallest absolute Gasteiger partial charge is 0.249 e. The van der Waals surface area contributed by atoms with Crippen molar-refractivity contribution in [3.8, 4) is 0 Å². The maximum Gasteiger partial charge on any atom is 0.249 e. The van der Waals surface area contributed by atoms with E-state index in [-0.39, 0.29) is 16.8 Å². The molecule has 0 saturated carbocycles. The second kappa shape index (κ2) is 4.83. The number of ether oxygens (including phenoxy) is 1. The zero-order valence-electron chi connectivity index (χ0n) is 9.57. The Morgan fingerprint density at radius 1 is 1.33 bits per heavy atom. The van der Waals surface area contributed by atoms with E-state index < -0.39 is 5.72 Å². The highest BCUT2D eigenvalue weighted by Gasteiger charge is 2.32. The summed E-state index contributed by atoms with van der Waals surface area (Å²) >= 11 is 4.97. The van der Waals surface area contributed by atoms with Crippen LogP contribution in [0.1, 0.15) is 5.56 Å². The summed E-state index contributed by atoms with van der Waals surface area (Å²) in [7, 11) is 1.47. The summed E-state index contributed by atoms with van der Waals surface area (Å²) in [5, 5.41) is 5.48. The molecule has 18 heavy (non-hydrogen) atoms. The number of thiocarbonyl (C=S) groups is 1. The molecule has 1 aliphatic heterocycles. The van der Waals surface area contributed by atoms with Crippen molar-refractivity contribution in [3.63, 3.8) is 0 Å². The fourth-order valence-electron chi connectivity index (χ4n) is 1.69. The van der Waals surface area contributed by atoms with E-state index in [1.54, 1.807) is 12.1 Å². The zero-order valence-corrected chi connectivity index (χ0v) is 10.4. The first-order valence-electron chi connectivity index (χ1n) is 5.19. The molecule has 2 N–H and O–H groups in total. The van der Waals surface area contributed by atoms with Crippen LogP contribution in [0.2, 0.25) is 0 Å². The van der Waals surface area contributed by atoms with E-state index in [0.29, 0.717) is 5.56 Å². The molecule has 0 aliphatic carbocycles. The lowest BCUT2D eigenvalue weighted by atomic mass is 10.0. The normalized spacial score (nSPS) is 23.2. The Bertz CT molecular complexity index is 515. The van der Waals surface area contributed by atoms with Crippen LogP contribution in [0.3, 0.4) is 0 Å². The fraction of sp³-hybridized carbons (Fsp3) is 0.167. The minimum Gasteiger partial charge on any atom is -0.351 e. The minimum atomic E-state index is -1.08. The standard InChI is InChI=1S/C12H11FN2O2S/c1-17-12(8-2-4-9(13)5-3-8)7-6-10(16)14-11(18)15-12/h2-7H,1H3,(H2,14,15,16,18). The largest absolute Gasteiger partial charge is 0.351 e. The van der Waals surface area contributed by atoms with Crippen molar-refractivity contribution in [2.45, 2.75) is 5.72 Å². The van der Waals surface area contributed by atoms with Gasteiger partial charge in [0.05, 0.1) is 0 Å². The third-order valence-corrected chi connectivity index (χ3v) is 2.80. The summed E-state index contributed by atoms with van der Waals surface area (Å²) in [6.45, 7) is 0. The third-order valence-electron chi connectivity index (χ3n) is 2.60. The second-order valence-corrected chi connectivity index (χ2v) is 4.13. The molecule has 0 aromatic heterocycles. The van der Waals surface area contributed by atoms with E-state index in [2.05, 4.69) is 10.6 Å². The van der Waals surface area contributed by atoms with Gasteiger partial charge < -0.3 is 10.1 Å². The van der Waals surface area contributed by atoms with Crippen LogP contribution in [0.4, 0.5) is 4.39 Å². The van der Waals surface area contributed by atoms with Crippen LogP contribution < -0.4 is 10.6 Å². The summed E-state index contributed by atoms with van der Waals surface area (Å²) in [6.07, 6.45) is 2.86. The van der Waals surface area contributed by atoms with Gasteiger partial charge in [-0.25, -0.2) is 4.39 Å². The number of halogens is 1. The predicted molar refractivity (Wildman–Crippen MR) is 68.1 cm³/mol. The SMILES string of the molecule is COC1(c2ccc(F)cc2)C=CC(=O)NC(=S)N1. The summed E-state index contributed by atoms with van der Waals surface area (Å²) in [4.78, 5) is 11.3. The highest BCUT2D eigenvalue weighted by atomic mass is 32.1. The Hall–Kier alpha value is -1.79. The highest BCUT2D eigenvalue weighted by Crippen LogP contribution is 2.25. The van der Waals surface area contributed by atoms with Gasteiger partial charge in [-0.1, -0.05) is 12.1 Å². The van der Waals surface area contributed by atoms with Crippen molar-refractivity contribution in [2.24, 2.45) is 0 Å². The molecule has 1 amide bonds. The number of nitrogens with one attached hydrogen (secondary N) is 2. The second-order valence-electron chi connectivity index (χ2n) is 3.72. The van der Waals surface area contributed by atoms with E-state index >= 15 is 0 Å². The van der Waals surface area contributed by atoms with E-state index in [0.717, 1.165) is 0 Å². The van der Waals surface area contributed by atoms with Gasteiger partial charge in [-0.2, -0.15) is 0 Å². The van der Waals surface area contributed by atoms with Gasteiger partial charge in [-0.05, 0) is 30.4 Å². The number of amides is 1. The number of rotatable bonds is 2. The van der Waals surface area contributed by atoms with Crippen molar-refractivity contribution in [1.29, 1.82) is 0 Å². The summed E-state index contributed by atoms with van der Waals surface area (Å²) in [5.74, 6) is -0.687. The van der Waals surface area contributed by atoms with Crippen LogP contribution >= 0.6 is 12.2 Å². The number of carbonyl (C=O) groups is 1. The van der Waals surface area contributed by atoms with Crippen LogP contribution in [0.25, 0.3) is 0 Å². The first-order valence-corrected chi connectivity index (χ1v) is 5.60. The lowest BCUT2D eigenvalue weighted by Crippen LogP contribution is -2.48. The van der Waals surface area contributed by atoms with Crippen molar-refractivity contribution in [1.82, 2.24) is 10.6 Å². The molecule has 1 atom stereocenters. The quantitative estimate of drug-likeness (QED) is 0.789. The van der Waals surface area contributed by atoms with E-state index in [4.69, 9.17) is 17.0 Å². The minimum absolute atomic E-state index is 0.149. The molecule has 0 spiro atoms. The average Bonchev–Trinajstić information content (AvgIpc) is 2.49. The van der Waals surface area contributed by atoms with Crippen LogP contribution in [0.5, 0.6) is 0 Å². The molecule has 94 valence electrons. The molecule has 1 unspecified atom stereocenters. The maximum atomic E-state index is 12.9. The molecule has 0 fully saturated rings. The Labute approximate surface area is 109 Å². The molecule has 0 bridgehead atoms. The Balaban J connectivity index is 2.46. The highest BCUT2D eigenvalue weighted by molar-refractivity contribution is 7.80. The zero-order chi connectivity index (χ0) is 13.2. The molecule has 1 heterocycles. The predicted octanol–water partition coefficient (Wildman–Crippen LogP) is 1.19. The monoisotopic (exact) mass is 266 g/mol. The summed E-state index contributed by atoms with van der Waals surface area (Å²) in [5.41, 5.74) is -0.439. The molecular formula is C12H11FN2O2S. The van der Waals surface area contributed by atoms with Gasteiger partial charge in [0.15, 0.2) is 10.8 Å². The van der Waals surface area contributed by atoms with Crippen molar-refractivity contribution in [3.05, 3.63) is 47.8 Å². The molecular weight excluding hydrogens is 255 g/mol. The Morgan fingerprint density at radius 3 is 2.61 bits per heavy atom. The van der Waals surface area contributed by atoms with Crippen LogP contribution in [0.15, 0.2) is 36.4 Å². The van der Waals surface area contributed by atoms with Gasteiger partial charge in [-0.3, -0.25) is 10.1 Å². The lowest BCUT2D eigenvalue weighted by molar-refractivity contribution is -0.115. The fourth-order valence-corrected chi connectivity index (χ4v) is 1.94. The number of benzene rings is 1. The first kappa shape index (κ1) is 12.7. The molecule has 2 rings (SSSR count). The van der Waals surface area contributed by atoms with E-state index in [1.807, 2.05) is 0 Å². The average molecular weight is 266 g/mol. The topological polar surface area (TPSA) is 50.4 Å². The number of hydrogen-bond donors (Lipinski definition) is 2. The molecule has 1 aromatic carbocycles. The molecule has 1 aliphatic rings. The summed E-state index contributed by atoms with van der Waals surface area (Å²) < 4.78 is 18.3. The van der Waals surface area contributed by atoms with Crippen LogP contribution in [-0.4, -0.2) is 18.1 Å². The van der Waals surface area contributed by atoms with Gasteiger partial charge in [0.2, 0.25) is 5.91 Å². The summed E-state index contributed by atoms with van der Waals surface area (Å²) in [6, 6.07) is 5.76. The molecule has 6 heteroatoms. The third kappa shape index (κ3) is 2.39. The van der Waals surface area contributed by atoms with E-state index in [9.17, 15) is 9.18 Å². The maximum absolute atomic E-state index is 12.9. The molecule has 4 nitrogen and oxygen atoms in total. The molecule has 0 saturated heterocycles. The first-order chi connectivity index (χ1) is 8.55. The van der Waals surface area contributed by atoms with Gasteiger partial charge in [-0.15, -0.1) is 0 Å². The van der Waals surface area contributed by atoms with Crippen molar-refractivity contribution >= 4 is 23.2 Å². The molecule has 0 radical (unpaired) electrons. The number of methoxy groups -OCH3 is 1. The molecule has 1 aromatic rings. The lowest BCUT2D eigenvalue weighted by Gasteiger charge is -2.30. The van der Waals surface area contributed by atoms with E-state index in [1.165, 1.54) is 31.4 Å². The van der Waals surface area contributed by atoms with Crippen molar-refractivity contribution in [2.75, 3.05) is 7.11 Å². The Kier molecular flexibility index (Phi) is 3.40.